The van der Waals surface area contributed by atoms with Crippen molar-refractivity contribution in [2.75, 3.05) is 5.73 Å². The van der Waals surface area contributed by atoms with E-state index < -0.39 is 23.2 Å². The number of fused-ring (bicyclic) bond motifs is 2. The summed E-state index contributed by atoms with van der Waals surface area (Å²) in [7, 11) is 0. The molecule has 0 atom stereocenters. The molecule has 0 fully saturated rings. The molecule has 1 aliphatic rings. The minimum atomic E-state index is -0.878. The van der Waals surface area contributed by atoms with Crippen LogP contribution < -0.4 is 16.6 Å². The molecule has 3 heterocycles. The number of nitrogens with one attached hydrogen (secondary N) is 2. The molecule has 10 heteroatoms. The highest BCUT2D eigenvalue weighted by atomic mass is 35.5. The van der Waals surface area contributed by atoms with Gasteiger partial charge in [0, 0.05) is 6.07 Å². The molecule has 1 aliphatic heterocycles. The van der Waals surface area contributed by atoms with Crippen LogP contribution in [0.2, 0.25) is 5.02 Å². The van der Waals surface area contributed by atoms with Gasteiger partial charge in [-0.25, -0.2) is 9.37 Å². The van der Waals surface area contributed by atoms with Crippen molar-refractivity contribution < 1.29 is 14.0 Å². The Morgan fingerprint density at radius 3 is 2.71 bits per heavy atom. The van der Waals surface area contributed by atoms with Crippen molar-refractivity contribution in [3.63, 3.8) is 0 Å². The van der Waals surface area contributed by atoms with Crippen LogP contribution in [0.25, 0.3) is 16.7 Å². The van der Waals surface area contributed by atoms with Crippen molar-refractivity contribution in [1.29, 1.82) is 0 Å². The summed E-state index contributed by atoms with van der Waals surface area (Å²) in [5.74, 6) is -2.76. The SMILES string of the molecule is Nc1c2c(cc(=O)n1-c1c(Cl)cc3[nH]cnc3c1F)C(=O)NC2=O. The topological polar surface area (TPSA) is 123 Å². The molecular weight excluding hydrogens is 341 g/mol. The number of imide groups is 1. The second kappa shape index (κ2) is 4.65. The highest BCUT2D eigenvalue weighted by Gasteiger charge is 2.33. The Morgan fingerprint density at radius 2 is 1.96 bits per heavy atom. The van der Waals surface area contributed by atoms with Crippen molar-refractivity contribution in [3.05, 3.63) is 50.8 Å². The summed E-state index contributed by atoms with van der Waals surface area (Å²) in [6, 6.07) is 2.29. The third-order valence-corrected chi connectivity index (χ3v) is 4.05. The van der Waals surface area contributed by atoms with Crippen molar-refractivity contribution >= 4 is 40.3 Å². The van der Waals surface area contributed by atoms with Gasteiger partial charge in [0.05, 0.1) is 28.0 Å². The molecule has 4 N–H and O–H groups in total. The van der Waals surface area contributed by atoms with Gasteiger partial charge in [-0.1, -0.05) is 11.6 Å². The number of nitrogens with zero attached hydrogens (tertiary/aromatic N) is 2. The lowest BCUT2D eigenvalue weighted by Gasteiger charge is -2.14. The number of H-pyrrole nitrogens is 1. The Balaban J connectivity index is 2.13. The molecule has 0 spiro atoms. The lowest BCUT2D eigenvalue weighted by atomic mass is 10.1. The maximum atomic E-state index is 14.8. The summed E-state index contributed by atoms with van der Waals surface area (Å²) in [5.41, 5.74) is 4.68. The predicted molar refractivity (Wildman–Crippen MR) is 82.9 cm³/mol. The van der Waals surface area contributed by atoms with Crippen molar-refractivity contribution in [3.8, 4) is 5.69 Å². The Morgan fingerprint density at radius 1 is 1.21 bits per heavy atom. The van der Waals surface area contributed by atoms with E-state index in [1.807, 2.05) is 5.32 Å². The molecule has 0 radical (unpaired) electrons. The summed E-state index contributed by atoms with van der Waals surface area (Å²) in [5, 5.41) is 1.92. The van der Waals surface area contributed by atoms with Crippen molar-refractivity contribution in [2.24, 2.45) is 0 Å². The third kappa shape index (κ3) is 1.72. The Kier molecular flexibility index (Phi) is 2.79. The Hall–Kier alpha value is -3.20. The maximum absolute atomic E-state index is 14.8. The van der Waals surface area contributed by atoms with Crippen LogP contribution in [0.3, 0.4) is 0 Å². The fourth-order valence-corrected chi connectivity index (χ4v) is 2.99. The number of nitrogens with two attached hydrogens (primary N) is 1. The monoisotopic (exact) mass is 347 g/mol. The van der Waals surface area contributed by atoms with Crippen LogP contribution in [0.5, 0.6) is 0 Å². The summed E-state index contributed by atoms with van der Waals surface area (Å²) in [4.78, 5) is 42.4. The number of amides is 2. The molecule has 4 rings (SSSR count). The molecule has 8 nitrogen and oxygen atoms in total. The number of anilines is 1. The van der Waals surface area contributed by atoms with Crippen LogP contribution in [-0.4, -0.2) is 26.3 Å². The minimum Gasteiger partial charge on any atom is -0.384 e. The average Bonchev–Trinajstić information content (AvgIpc) is 3.07. The molecule has 120 valence electrons. The van der Waals surface area contributed by atoms with Gasteiger partial charge in [-0.3, -0.25) is 24.3 Å². The van der Waals surface area contributed by atoms with Crippen LogP contribution >= 0.6 is 11.6 Å². The van der Waals surface area contributed by atoms with E-state index in [0.29, 0.717) is 5.52 Å². The zero-order valence-electron chi connectivity index (χ0n) is 11.7. The molecule has 3 aromatic rings. The van der Waals surface area contributed by atoms with E-state index in [0.717, 1.165) is 10.6 Å². The number of pyridine rings is 1. The number of carbonyl (C=O) groups excluding carboxylic acids is 2. The molecule has 0 saturated carbocycles. The summed E-state index contributed by atoms with van der Waals surface area (Å²) < 4.78 is 15.5. The lowest BCUT2D eigenvalue weighted by Crippen LogP contribution is -2.25. The zero-order valence-corrected chi connectivity index (χ0v) is 12.4. The first-order chi connectivity index (χ1) is 11.4. The van der Waals surface area contributed by atoms with Crippen LogP contribution in [0.15, 0.2) is 23.3 Å². The molecule has 2 amide bonds. The lowest BCUT2D eigenvalue weighted by molar-refractivity contribution is 0.0880. The average molecular weight is 348 g/mol. The quantitative estimate of drug-likeness (QED) is 0.566. The number of aromatic amines is 1. The van der Waals surface area contributed by atoms with E-state index in [1.165, 1.54) is 12.4 Å². The molecule has 24 heavy (non-hydrogen) atoms. The van der Waals surface area contributed by atoms with Crippen molar-refractivity contribution in [1.82, 2.24) is 19.9 Å². The Labute approximate surface area is 137 Å². The second-order valence-electron chi connectivity index (χ2n) is 5.09. The van der Waals surface area contributed by atoms with Crippen LogP contribution in [0, 0.1) is 5.82 Å². The first-order valence-corrected chi connectivity index (χ1v) is 7.00. The number of rotatable bonds is 1. The van der Waals surface area contributed by atoms with Gasteiger partial charge < -0.3 is 10.7 Å². The molecule has 0 bridgehead atoms. The smallest absolute Gasteiger partial charge is 0.262 e. The van der Waals surface area contributed by atoms with Gasteiger partial charge in [-0.15, -0.1) is 0 Å². The van der Waals surface area contributed by atoms with Crippen molar-refractivity contribution in [2.45, 2.75) is 0 Å². The van der Waals surface area contributed by atoms with Gasteiger partial charge in [0.1, 0.15) is 17.0 Å². The second-order valence-corrected chi connectivity index (χ2v) is 5.50. The van der Waals surface area contributed by atoms with Crippen LogP contribution in [0.1, 0.15) is 20.7 Å². The highest BCUT2D eigenvalue weighted by molar-refractivity contribution is 6.33. The first kappa shape index (κ1) is 14.4. The summed E-state index contributed by atoms with van der Waals surface area (Å²) >= 11 is 6.09. The van der Waals surface area contributed by atoms with E-state index in [1.54, 1.807) is 0 Å². The highest BCUT2D eigenvalue weighted by Crippen LogP contribution is 2.31. The predicted octanol–water partition coefficient (Wildman–Crippen LogP) is 0.972. The van der Waals surface area contributed by atoms with Gasteiger partial charge in [0.25, 0.3) is 17.4 Å². The van der Waals surface area contributed by atoms with E-state index in [2.05, 4.69) is 9.97 Å². The largest absolute Gasteiger partial charge is 0.384 e. The molecule has 0 unspecified atom stereocenters. The molecule has 1 aromatic carbocycles. The van der Waals surface area contributed by atoms with E-state index in [9.17, 15) is 18.8 Å². The van der Waals surface area contributed by atoms with E-state index >= 15 is 0 Å². The third-order valence-electron chi connectivity index (χ3n) is 3.76. The summed E-state index contributed by atoms with van der Waals surface area (Å²) in [6.45, 7) is 0. The van der Waals surface area contributed by atoms with Gasteiger partial charge in [-0.2, -0.15) is 0 Å². The molecular formula is C14H7ClFN5O3. The number of aromatic nitrogens is 3. The van der Waals surface area contributed by atoms with Gasteiger partial charge in [0.2, 0.25) is 0 Å². The summed E-state index contributed by atoms with van der Waals surface area (Å²) in [6.07, 6.45) is 1.27. The number of imidazole rings is 1. The zero-order chi connectivity index (χ0) is 17.2. The fourth-order valence-electron chi connectivity index (χ4n) is 2.72. The Bertz CT molecular complexity index is 1130. The molecule has 0 aliphatic carbocycles. The van der Waals surface area contributed by atoms with Crippen LogP contribution in [0.4, 0.5) is 10.2 Å². The number of halogens is 2. The number of benzene rings is 1. The first-order valence-electron chi connectivity index (χ1n) is 6.63. The van der Waals surface area contributed by atoms with Gasteiger partial charge in [-0.05, 0) is 6.07 Å². The maximum Gasteiger partial charge on any atom is 0.262 e. The molecule has 2 aromatic heterocycles. The standard InChI is InChI=1S/C14H7ClFN5O3/c15-5-2-6-10(19-3-18-6)9(16)11(5)21-7(22)1-4-8(12(21)17)14(24)20-13(4)23/h1-3H,17H2,(H,18,19)(H,20,23,24). The van der Waals surface area contributed by atoms with Gasteiger partial charge >= 0.3 is 0 Å². The van der Waals surface area contributed by atoms with Gasteiger partial charge in [0.15, 0.2) is 5.82 Å². The number of hydrogen-bond donors (Lipinski definition) is 3. The van der Waals surface area contributed by atoms with Crippen LogP contribution in [-0.2, 0) is 0 Å². The normalized spacial score (nSPS) is 13.4. The van der Waals surface area contributed by atoms with E-state index in [4.69, 9.17) is 17.3 Å². The molecule has 0 saturated heterocycles. The number of carbonyl (C=O) groups is 2. The number of hydrogen-bond acceptors (Lipinski definition) is 5. The minimum absolute atomic E-state index is 0.0401. The number of nitrogen functional groups attached to an aromatic ring is 1. The fraction of sp³-hybridized carbons (Fsp3) is 0. The van der Waals surface area contributed by atoms with E-state index in [-0.39, 0.29) is 33.2 Å².